The molecule has 1 N–H and O–H groups in total. The molecule has 0 unspecified atom stereocenters. The topological polar surface area (TPSA) is 116 Å². The number of hydrogen-bond donors (Lipinski definition) is 1. The van der Waals surface area contributed by atoms with Gasteiger partial charge in [0.2, 0.25) is 11.8 Å². The molecule has 0 bridgehead atoms. The van der Waals surface area contributed by atoms with Crippen LogP contribution in [0.5, 0.6) is 0 Å². The van der Waals surface area contributed by atoms with Gasteiger partial charge in [0.15, 0.2) is 11.0 Å². The zero-order valence-electron chi connectivity index (χ0n) is 17.7. The third-order valence-corrected chi connectivity index (χ3v) is 7.25. The predicted octanol–water partition coefficient (Wildman–Crippen LogP) is 1.17. The third kappa shape index (κ3) is 5.13. The number of nitrogens with zero attached hydrogens (tertiary/aromatic N) is 4. The first-order chi connectivity index (χ1) is 15.6. The van der Waals surface area contributed by atoms with Crippen LogP contribution >= 0.6 is 23.1 Å². The Morgan fingerprint density at radius 2 is 2.28 bits per heavy atom. The van der Waals surface area contributed by atoms with E-state index in [0.717, 1.165) is 30.2 Å². The van der Waals surface area contributed by atoms with Crippen molar-refractivity contribution in [3.63, 3.8) is 0 Å². The van der Waals surface area contributed by atoms with Crippen LogP contribution in [-0.2, 0) is 30.4 Å². The number of ether oxygens (including phenoxy) is 2. The van der Waals surface area contributed by atoms with Gasteiger partial charge in [0.1, 0.15) is 6.04 Å². The van der Waals surface area contributed by atoms with Gasteiger partial charge in [-0.15, -0.1) is 21.5 Å². The van der Waals surface area contributed by atoms with Gasteiger partial charge in [0, 0.05) is 19.7 Å². The maximum absolute atomic E-state index is 13.0. The first kappa shape index (κ1) is 22.7. The van der Waals surface area contributed by atoms with Crippen molar-refractivity contribution in [1.82, 2.24) is 25.0 Å². The molecule has 4 rings (SSSR count). The smallest absolute Gasteiger partial charge is 0.308 e. The molecule has 172 valence electrons. The van der Waals surface area contributed by atoms with Crippen LogP contribution in [0.25, 0.3) is 10.7 Å². The Bertz CT molecular complexity index is 958. The van der Waals surface area contributed by atoms with Gasteiger partial charge >= 0.3 is 5.97 Å². The molecule has 0 aliphatic carbocycles. The quantitative estimate of drug-likeness (QED) is 0.443. The minimum absolute atomic E-state index is 0.0824. The molecule has 2 saturated heterocycles. The molecule has 4 heterocycles. The summed E-state index contributed by atoms with van der Waals surface area (Å²) < 4.78 is 12.5. The molecule has 0 radical (unpaired) electrons. The van der Waals surface area contributed by atoms with Gasteiger partial charge < -0.3 is 19.7 Å². The second kappa shape index (κ2) is 10.5. The number of hydrogen-bond acceptors (Lipinski definition) is 9. The van der Waals surface area contributed by atoms with Crippen LogP contribution in [0, 0.1) is 0 Å². The molecule has 0 saturated carbocycles. The van der Waals surface area contributed by atoms with Crippen LogP contribution < -0.4 is 5.32 Å². The molecular formula is C20H25N5O5S2. The fourth-order valence-corrected chi connectivity index (χ4v) is 5.36. The number of amides is 2. The molecule has 0 spiro atoms. The van der Waals surface area contributed by atoms with Crippen molar-refractivity contribution in [2.75, 3.05) is 32.6 Å². The summed E-state index contributed by atoms with van der Waals surface area (Å²) in [6.07, 6.45) is 1.93. The summed E-state index contributed by atoms with van der Waals surface area (Å²) in [5.41, 5.74) is 0. The molecule has 2 fully saturated rings. The average molecular weight is 480 g/mol. The zero-order chi connectivity index (χ0) is 22.5. The fraction of sp³-hybridized carbons (Fsp3) is 0.550. The molecule has 2 aromatic rings. The average Bonchev–Trinajstić information content (AvgIpc) is 3.56. The van der Waals surface area contributed by atoms with E-state index >= 15 is 0 Å². The lowest BCUT2D eigenvalue weighted by molar-refractivity contribution is -0.149. The number of thioether (sulfide) groups is 1. The standard InChI is InChI=1S/C20H25N5O5S2/c1-29-17(27)10-14-19(28)21-6-7-24(14)16(26)12-32-20-23-22-18(15-5-3-9-31-15)25(20)11-13-4-2-8-30-13/h3,5,9,13-14H,2,4,6-8,10-12H2,1H3,(H,21,28)/t13-,14-/m0/s1. The summed E-state index contributed by atoms with van der Waals surface area (Å²) in [7, 11) is 1.26. The Kier molecular flexibility index (Phi) is 7.43. The summed E-state index contributed by atoms with van der Waals surface area (Å²) in [6.45, 7) is 2.06. The second-order valence-electron chi connectivity index (χ2n) is 7.49. The Hall–Kier alpha value is -2.44. The highest BCUT2D eigenvalue weighted by Gasteiger charge is 2.35. The number of nitrogens with one attached hydrogen (secondary N) is 1. The molecule has 2 amide bonds. The molecule has 2 aromatic heterocycles. The SMILES string of the molecule is COC(=O)C[C@H]1C(=O)NCCN1C(=O)CSc1nnc(-c2cccs2)n1C[C@@H]1CCCO1. The van der Waals surface area contributed by atoms with E-state index in [4.69, 9.17) is 4.74 Å². The van der Waals surface area contributed by atoms with Gasteiger partial charge in [-0.25, -0.2) is 0 Å². The van der Waals surface area contributed by atoms with Crippen LogP contribution in [0.4, 0.5) is 0 Å². The van der Waals surface area contributed by atoms with Gasteiger partial charge in [-0.1, -0.05) is 17.8 Å². The maximum atomic E-state index is 13.0. The monoisotopic (exact) mass is 479 g/mol. The highest BCUT2D eigenvalue weighted by Crippen LogP contribution is 2.29. The van der Waals surface area contributed by atoms with E-state index in [1.165, 1.54) is 23.8 Å². The van der Waals surface area contributed by atoms with Gasteiger partial charge in [-0.2, -0.15) is 0 Å². The summed E-state index contributed by atoms with van der Waals surface area (Å²) in [6, 6.07) is 3.09. The molecule has 12 heteroatoms. The van der Waals surface area contributed by atoms with Crippen molar-refractivity contribution in [3.8, 4) is 10.7 Å². The lowest BCUT2D eigenvalue weighted by atomic mass is 10.1. The molecule has 2 atom stereocenters. The fourth-order valence-electron chi connectivity index (χ4n) is 3.81. The van der Waals surface area contributed by atoms with E-state index in [9.17, 15) is 14.4 Å². The van der Waals surface area contributed by atoms with Gasteiger partial charge in [-0.3, -0.25) is 19.0 Å². The number of methoxy groups -OCH3 is 1. The van der Waals surface area contributed by atoms with E-state index in [1.807, 2.05) is 22.1 Å². The normalized spacial score (nSPS) is 20.9. The number of piperazine rings is 1. The number of carbonyl (C=O) groups is 3. The Labute approximate surface area is 193 Å². The molecule has 10 nitrogen and oxygen atoms in total. The molecular weight excluding hydrogens is 454 g/mol. The summed E-state index contributed by atoms with van der Waals surface area (Å²) in [5, 5.41) is 14.0. The van der Waals surface area contributed by atoms with Gasteiger partial charge in [0.05, 0.1) is 36.8 Å². The zero-order valence-corrected chi connectivity index (χ0v) is 19.3. The Morgan fingerprint density at radius 3 is 3.00 bits per heavy atom. The Morgan fingerprint density at radius 1 is 1.41 bits per heavy atom. The lowest BCUT2D eigenvalue weighted by Crippen LogP contribution is -2.58. The number of rotatable bonds is 8. The van der Waals surface area contributed by atoms with Crippen LogP contribution in [0.2, 0.25) is 0 Å². The number of aromatic nitrogens is 3. The lowest BCUT2D eigenvalue weighted by Gasteiger charge is -2.34. The minimum Gasteiger partial charge on any atom is -0.469 e. The highest BCUT2D eigenvalue weighted by molar-refractivity contribution is 7.99. The third-order valence-electron chi connectivity index (χ3n) is 5.43. The van der Waals surface area contributed by atoms with Gasteiger partial charge in [0.25, 0.3) is 0 Å². The van der Waals surface area contributed by atoms with E-state index < -0.39 is 12.0 Å². The molecule has 32 heavy (non-hydrogen) atoms. The van der Waals surface area contributed by atoms with Crippen molar-refractivity contribution in [1.29, 1.82) is 0 Å². The van der Waals surface area contributed by atoms with Crippen LogP contribution in [0.15, 0.2) is 22.7 Å². The molecule has 2 aliphatic heterocycles. The predicted molar refractivity (Wildman–Crippen MR) is 118 cm³/mol. The first-order valence-electron chi connectivity index (χ1n) is 10.4. The highest BCUT2D eigenvalue weighted by atomic mass is 32.2. The number of thiophene rings is 1. The number of esters is 1. The van der Waals surface area contributed by atoms with Crippen LogP contribution in [-0.4, -0.2) is 82.2 Å². The van der Waals surface area contributed by atoms with Crippen LogP contribution in [0.3, 0.4) is 0 Å². The van der Waals surface area contributed by atoms with Crippen molar-refractivity contribution in [2.24, 2.45) is 0 Å². The van der Waals surface area contributed by atoms with Crippen molar-refractivity contribution in [2.45, 2.75) is 43.1 Å². The maximum Gasteiger partial charge on any atom is 0.308 e. The minimum atomic E-state index is -0.865. The van der Waals surface area contributed by atoms with Crippen molar-refractivity contribution >= 4 is 40.9 Å². The summed E-state index contributed by atoms with van der Waals surface area (Å²) in [5.74, 6) is -0.274. The largest absolute Gasteiger partial charge is 0.469 e. The molecule has 2 aliphatic rings. The van der Waals surface area contributed by atoms with Crippen molar-refractivity contribution < 1.29 is 23.9 Å². The first-order valence-corrected chi connectivity index (χ1v) is 12.3. The van der Waals surface area contributed by atoms with E-state index in [0.29, 0.717) is 24.8 Å². The summed E-state index contributed by atoms with van der Waals surface area (Å²) in [4.78, 5) is 39.4. The Balaban J connectivity index is 1.48. The molecule has 0 aromatic carbocycles. The summed E-state index contributed by atoms with van der Waals surface area (Å²) >= 11 is 2.86. The van der Waals surface area contributed by atoms with E-state index in [2.05, 4.69) is 20.3 Å². The van der Waals surface area contributed by atoms with E-state index in [1.54, 1.807) is 11.3 Å². The van der Waals surface area contributed by atoms with Gasteiger partial charge in [-0.05, 0) is 24.3 Å². The second-order valence-corrected chi connectivity index (χ2v) is 9.38. The van der Waals surface area contributed by atoms with Crippen LogP contribution in [0.1, 0.15) is 19.3 Å². The van der Waals surface area contributed by atoms with Crippen molar-refractivity contribution in [3.05, 3.63) is 17.5 Å². The van der Waals surface area contributed by atoms with E-state index in [-0.39, 0.29) is 30.1 Å². The number of carbonyl (C=O) groups excluding carboxylic acids is 3.